The summed E-state index contributed by atoms with van der Waals surface area (Å²) >= 11 is 0. The number of aliphatic carboxylic acids is 3. The van der Waals surface area contributed by atoms with Crippen molar-refractivity contribution in [2.24, 2.45) is 16.7 Å². The number of esters is 2. The van der Waals surface area contributed by atoms with E-state index < -0.39 is 53.4 Å². The number of hydrogen-bond donors (Lipinski definition) is 3. The Hall–Kier alpha value is -7.02. The molecule has 0 aromatic carbocycles. The van der Waals surface area contributed by atoms with E-state index in [9.17, 15) is 43.5 Å². The van der Waals surface area contributed by atoms with Gasteiger partial charge in [-0.3, -0.25) is 19.2 Å². The Morgan fingerprint density at radius 1 is 0.588 bits per heavy atom. The molecule has 0 radical (unpaired) electrons. The number of allylic oxidation sites excluding steroid dienone is 21. The standard InChI is InChI=1S/C47H58O8.C8H10O5/c1-30(18-14-20-32(3)22-24-38-35(6)43(51)34(5)28-46(38,8)9)16-12-13-17-31(2)19-15-21-33(4)23-25-39-36(7)44(52)40(29-47(39,10)11)55-42(50)27-37(45(53)54)26-41(48)49;1-5(9)3-6(8(11)12)4-7(10)13-2/h12-25,27,34,40H,26,28-29H2,1-11H3,(H,48,49)(H,53,54);4H,3H2,1-2H3,(H,11,12)/b13-12+,18-14+,19-15+,24-22+,25-23+,30-16+,31-17+,32-20+,33-21+,37-27-;6-4-. The van der Waals surface area contributed by atoms with Gasteiger partial charge in [-0.25, -0.2) is 19.2 Å². The van der Waals surface area contributed by atoms with Crippen molar-refractivity contribution in [1.29, 1.82) is 0 Å². The van der Waals surface area contributed by atoms with Crippen molar-refractivity contribution in [2.45, 2.75) is 115 Å². The first-order chi connectivity index (χ1) is 31.5. The third-order valence-corrected chi connectivity index (χ3v) is 10.9. The Kier molecular flexibility index (Phi) is 23.9. The Morgan fingerprint density at radius 3 is 1.41 bits per heavy atom. The van der Waals surface area contributed by atoms with Crippen molar-refractivity contribution in [1.82, 2.24) is 0 Å². The second kappa shape index (κ2) is 27.6. The molecule has 366 valence electrons. The van der Waals surface area contributed by atoms with Crippen molar-refractivity contribution in [2.75, 3.05) is 7.11 Å². The molecule has 0 amide bonds. The molecule has 0 saturated heterocycles. The van der Waals surface area contributed by atoms with E-state index in [1.165, 1.54) is 6.92 Å². The lowest BCUT2D eigenvalue weighted by molar-refractivity contribution is -0.151. The van der Waals surface area contributed by atoms with Crippen LogP contribution in [0, 0.1) is 16.7 Å². The summed E-state index contributed by atoms with van der Waals surface area (Å²) in [7, 11) is 1.13. The molecule has 2 aliphatic rings. The molecule has 2 aliphatic carbocycles. The van der Waals surface area contributed by atoms with Gasteiger partial charge in [0.05, 0.1) is 24.7 Å². The van der Waals surface area contributed by atoms with Crippen LogP contribution in [0.4, 0.5) is 0 Å². The molecule has 0 bridgehead atoms. The summed E-state index contributed by atoms with van der Waals surface area (Å²) in [5.74, 6) is -6.48. The highest BCUT2D eigenvalue weighted by Crippen LogP contribution is 2.42. The topological polar surface area (TPSA) is 216 Å². The molecule has 0 aromatic heterocycles. The molecule has 68 heavy (non-hydrogen) atoms. The third-order valence-electron chi connectivity index (χ3n) is 10.9. The largest absolute Gasteiger partial charge is 0.481 e. The number of carboxylic acid groups (broad SMARTS) is 3. The van der Waals surface area contributed by atoms with Gasteiger partial charge >= 0.3 is 29.8 Å². The molecule has 0 aliphatic heterocycles. The summed E-state index contributed by atoms with van der Waals surface area (Å²) in [4.78, 5) is 91.9. The van der Waals surface area contributed by atoms with Crippen LogP contribution in [0.25, 0.3) is 0 Å². The first-order valence-electron chi connectivity index (χ1n) is 22.0. The zero-order valence-corrected chi connectivity index (χ0v) is 41.6. The molecule has 13 nitrogen and oxygen atoms in total. The highest BCUT2D eigenvalue weighted by molar-refractivity contribution is 6.04. The van der Waals surface area contributed by atoms with Crippen LogP contribution in [-0.2, 0) is 47.8 Å². The molecule has 0 aromatic rings. The lowest BCUT2D eigenvalue weighted by Crippen LogP contribution is -2.38. The fourth-order valence-electron chi connectivity index (χ4n) is 7.42. The summed E-state index contributed by atoms with van der Waals surface area (Å²) in [5.41, 5.74) is 6.00. The number of ketones is 3. The second-order valence-corrected chi connectivity index (χ2v) is 18.1. The number of carboxylic acids is 3. The van der Waals surface area contributed by atoms with Gasteiger partial charge < -0.3 is 24.8 Å². The number of carbonyl (C=O) groups is 8. The summed E-state index contributed by atoms with van der Waals surface area (Å²) < 4.78 is 9.52. The monoisotopic (exact) mass is 936 g/mol. The van der Waals surface area contributed by atoms with E-state index in [1.54, 1.807) is 6.92 Å². The third kappa shape index (κ3) is 20.7. The second-order valence-electron chi connectivity index (χ2n) is 18.1. The Labute approximate surface area is 400 Å². The lowest BCUT2D eigenvalue weighted by Gasteiger charge is -2.36. The number of methoxy groups -OCH3 is 1. The molecule has 2 unspecified atom stereocenters. The number of rotatable bonds is 19. The molecule has 2 rings (SSSR count). The zero-order chi connectivity index (χ0) is 52.1. The molecule has 0 saturated carbocycles. The van der Waals surface area contributed by atoms with E-state index in [2.05, 4.69) is 49.8 Å². The van der Waals surface area contributed by atoms with Crippen LogP contribution in [-0.4, -0.2) is 75.7 Å². The van der Waals surface area contributed by atoms with Gasteiger partial charge in [-0.15, -0.1) is 0 Å². The Bertz CT molecular complexity index is 2400. The van der Waals surface area contributed by atoms with Gasteiger partial charge in [-0.05, 0) is 88.0 Å². The normalized spacial score (nSPS) is 19.9. The smallest absolute Gasteiger partial charge is 0.332 e. The molecular formula is C55H68O13. The van der Waals surface area contributed by atoms with Gasteiger partial charge in [0.25, 0.3) is 0 Å². The van der Waals surface area contributed by atoms with Crippen LogP contribution in [0.5, 0.6) is 0 Å². The summed E-state index contributed by atoms with van der Waals surface area (Å²) in [6.07, 6.45) is 28.3. The number of Topliss-reactive ketones (excluding diaryl/α,β-unsaturated/α-hetero) is 3. The van der Waals surface area contributed by atoms with Crippen molar-refractivity contribution in [3.8, 4) is 0 Å². The van der Waals surface area contributed by atoms with Crippen molar-refractivity contribution < 1.29 is 63.1 Å². The average Bonchev–Trinajstić information content (AvgIpc) is 3.22. The van der Waals surface area contributed by atoms with E-state index in [0.717, 1.165) is 58.6 Å². The Morgan fingerprint density at radius 2 is 0.985 bits per heavy atom. The van der Waals surface area contributed by atoms with Crippen molar-refractivity contribution >= 4 is 47.2 Å². The highest BCUT2D eigenvalue weighted by Gasteiger charge is 2.40. The minimum Gasteiger partial charge on any atom is -0.481 e. The van der Waals surface area contributed by atoms with Gasteiger partial charge in [0.15, 0.2) is 17.7 Å². The predicted molar refractivity (Wildman–Crippen MR) is 263 cm³/mol. The molecule has 0 spiro atoms. The van der Waals surface area contributed by atoms with Crippen LogP contribution >= 0.6 is 0 Å². The molecular weight excluding hydrogens is 869 g/mol. The minimum absolute atomic E-state index is 0.0252. The molecule has 0 fully saturated rings. The van der Waals surface area contributed by atoms with Gasteiger partial charge in [-0.1, -0.05) is 142 Å². The molecule has 0 heterocycles. The Balaban J connectivity index is 0.00000154. The van der Waals surface area contributed by atoms with Crippen molar-refractivity contribution in [3.05, 3.63) is 153 Å². The van der Waals surface area contributed by atoms with E-state index in [0.29, 0.717) is 11.6 Å². The summed E-state index contributed by atoms with van der Waals surface area (Å²) in [6.45, 7) is 23.2. The maximum Gasteiger partial charge on any atom is 0.332 e. The minimum atomic E-state index is -1.55. The maximum absolute atomic E-state index is 13.1. The quantitative estimate of drug-likeness (QED) is 0.0625. The number of hydrogen-bond acceptors (Lipinski definition) is 10. The van der Waals surface area contributed by atoms with E-state index in [4.69, 9.17) is 14.9 Å². The number of ether oxygens (including phenoxy) is 2. The maximum atomic E-state index is 13.1. The van der Waals surface area contributed by atoms with Gasteiger partial charge in [0.2, 0.25) is 0 Å². The van der Waals surface area contributed by atoms with Crippen LogP contribution in [0.15, 0.2) is 153 Å². The summed E-state index contributed by atoms with van der Waals surface area (Å²) in [6, 6.07) is 0. The number of carbonyl (C=O) groups excluding carboxylic acids is 5. The summed E-state index contributed by atoms with van der Waals surface area (Å²) in [5, 5.41) is 26.6. The molecule has 2 atom stereocenters. The van der Waals surface area contributed by atoms with E-state index in [-0.39, 0.29) is 47.1 Å². The first kappa shape index (κ1) is 59.0. The van der Waals surface area contributed by atoms with Crippen LogP contribution < -0.4 is 0 Å². The van der Waals surface area contributed by atoms with Gasteiger partial charge in [0.1, 0.15) is 5.78 Å². The molecule has 3 N–H and O–H groups in total. The van der Waals surface area contributed by atoms with E-state index in [1.807, 2.05) is 109 Å². The zero-order valence-electron chi connectivity index (χ0n) is 41.6. The highest BCUT2D eigenvalue weighted by atomic mass is 16.5. The van der Waals surface area contributed by atoms with Crippen LogP contribution in [0.1, 0.15) is 109 Å². The average molecular weight is 937 g/mol. The predicted octanol–water partition coefficient (Wildman–Crippen LogP) is 10.4. The van der Waals surface area contributed by atoms with Gasteiger partial charge in [0, 0.05) is 30.9 Å². The first-order valence-corrected chi connectivity index (χ1v) is 22.0. The van der Waals surface area contributed by atoms with Crippen molar-refractivity contribution in [3.63, 3.8) is 0 Å². The SMILES string of the molecule is CC1=C(/C=C/C(C)=C/C=C/C(C)=C/C=C/C=C(C)/C=C/C=C(C)/C=C/C2=C(C)C(=O)C(OC(=O)/C=C(/CC(=O)O)C(=O)O)CC2(C)C)C(C)(C)CC(C)C1=O.COC(=O)/C=C(/CC(C)=O)C(=O)O. The molecule has 13 heteroatoms. The fourth-order valence-corrected chi connectivity index (χ4v) is 7.42. The van der Waals surface area contributed by atoms with Crippen LogP contribution in [0.2, 0.25) is 0 Å². The fraction of sp³-hybridized carbons (Fsp3) is 0.382. The van der Waals surface area contributed by atoms with Crippen LogP contribution in [0.3, 0.4) is 0 Å². The lowest BCUT2D eigenvalue weighted by atomic mass is 9.68. The van der Waals surface area contributed by atoms with E-state index >= 15 is 0 Å². The van der Waals surface area contributed by atoms with Gasteiger partial charge in [-0.2, -0.15) is 0 Å².